The van der Waals surface area contributed by atoms with Crippen molar-refractivity contribution >= 4 is 31.5 Å². The van der Waals surface area contributed by atoms with Gasteiger partial charge in [-0.3, -0.25) is 0 Å². The minimum absolute atomic E-state index is 0.702. The van der Waals surface area contributed by atoms with Gasteiger partial charge in [-0.2, -0.15) is 0 Å². The Morgan fingerprint density at radius 2 is 0.857 bits per heavy atom. The fraction of sp³-hybridized carbons (Fsp3) is 0. The van der Waals surface area contributed by atoms with Crippen LogP contribution >= 0.6 is 11.3 Å². The normalized spacial score (nSPS) is 11.3. The SMILES string of the molecule is c1ccc(-c2cc(-c3ccccc3)c(-c3cc(-c4ccccc4)nc(-c4ccccc4)n3)c(-c3ccc4sc5ccccc5c4c3)c2)cc1. The number of benzene rings is 7. The molecule has 0 aliphatic heterocycles. The van der Waals surface area contributed by atoms with E-state index in [0.29, 0.717) is 5.82 Å². The molecule has 2 heterocycles. The lowest BCUT2D eigenvalue weighted by atomic mass is 9.85. The highest BCUT2D eigenvalue weighted by molar-refractivity contribution is 7.25. The second kappa shape index (κ2) is 12.5. The number of thiophene rings is 1. The molecule has 9 aromatic rings. The van der Waals surface area contributed by atoms with Gasteiger partial charge in [0, 0.05) is 36.9 Å². The van der Waals surface area contributed by atoms with Gasteiger partial charge in [-0.1, -0.05) is 146 Å². The first-order valence-corrected chi connectivity index (χ1v) is 17.3. The summed E-state index contributed by atoms with van der Waals surface area (Å²) in [5, 5.41) is 2.56. The van der Waals surface area contributed by atoms with E-state index in [4.69, 9.17) is 9.97 Å². The first-order valence-electron chi connectivity index (χ1n) is 16.5. The molecule has 0 atom stereocenters. The van der Waals surface area contributed by atoms with Gasteiger partial charge in [-0.15, -0.1) is 11.3 Å². The van der Waals surface area contributed by atoms with Crippen LogP contribution < -0.4 is 0 Å². The highest BCUT2D eigenvalue weighted by Gasteiger charge is 2.21. The second-order valence-corrected chi connectivity index (χ2v) is 13.3. The van der Waals surface area contributed by atoms with Crippen LogP contribution in [0, 0.1) is 0 Å². The van der Waals surface area contributed by atoms with Crippen LogP contribution in [0.3, 0.4) is 0 Å². The molecule has 0 amide bonds. The third kappa shape index (κ3) is 5.50. The summed E-state index contributed by atoms with van der Waals surface area (Å²) < 4.78 is 2.59. The first kappa shape index (κ1) is 29.0. The quantitative estimate of drug-likeness (QED) is 0.180. The fourth-order valence-electron chi connectivity index (χ4n) is 6.73. The maximum Gasteiger partial charge on any atom is 0.160 e. The average Bonchev–Trinajstić information content (AvgIpc) is 3.56. The summed E-state index contributed by atoms with van der Waals surface area (Å²) in [4.78, 5) is 10.5. The molecule has 0 unspecified atom stereocenters. The van der Waals surface area contributed by atoms with E-state index < -0.39 is 0 Å². The Balaban J connectivity index is 1.39. The molecule has 3 heteroatoms. The summed E-state index contributed by atoms with van der Waals surface area (Å²) in [5.41, 5.74) is 11.8. The van der Waals surface area contributed by atoms with E-state index in [-0.39, 0.29) is 0 Å². The molecule has 49 heavy (non-hydrogen) atoms. The minimum Gasteiger partial charge on any atom is -0.228 e. The van der Waals surface area contributed by atoms with Crippen molar-refractivity contribution in [3.05, 3.63) is 182 Å². The smallest absolute Gasteiger partial charge is 0.160 e. The molecule has 0 N–H and O–H groups in total. The van der Waals surface area contributed by atoms with Crippen molar-refractivity contribution in [3.63, 3.8) is 0 Å². The van der Waals surface area contributed by atoms with Crippen LogP contribution in [0.15, 0.2) is 182 Å². The van der Waals surface area contributed by atoms with Crippen LogP contribution in [-0.4, -0.2) is 9.97 Å². The van der Waals surface area contributed by atoms with E-state index in [0.717, 1.165) is 55.9 Å². The summed E-state index contributed by atoms with van der Waals surface area (Å²) in [5.74, 6) is 0.702. The Hall–Kier alpha value is -6.16. The van der Waals surface area contributed by atoms with E-state index >= 15 is 0 Å². The van der Waals surface area contributed by atoms with Gasteiger partial charge in [-0.25, -0.2) is 9.97 Å². The second-order valence-electron chi connectivity index (χ2n) is 12.2. The van der Waals surface area contributed by atoms with Crippen molar-refractivity contribution in [1.82, 2.24) is 9.97 Å². The Morgan fingerprint density at radius 1 is 0.327 bits per heavy atom. The van der Waals surface area contributed by atoms with Gasteiger partial charge in [0.25, 0.3) is 0 Å². The highest BCUT2D eigenvalue weighted by Crippen LogP contribution is 2.45. The van der Waals surface area contributed by atoms with Gasteiger partial charge in [0.2, 0.25) is 0 Å². The molecule has 0 saturated heterocycles. The lowest BCUT2D eigenvalue weighted by molar-refractivity contribution is 1.18. The molecule has 9 rings (SSSR count). The van der Waals surface area contributed by atoms with E-state index in [1.165, 1.54) is 25.7 Å². The van der Waals surface area contributed by atoms with Crippen LogP contribution in [0.5, 0.6) is 0 Å². The number of hydrogen-bond donors (Lipinski definition) is 0. The van der Waals surface area contributed by atoms with Gasteiger partial charge >= 0.3 is 0 Å². The summed E-state index contributed by atoms with van der Waals surface area (Å²) in [6, 6.07) is 64.5. The zero-order chi connectivity index (χ0) is 32.6. The fourth-order valence-corrected chi connectivity index (χ4v) is 7.82. The molecule has 0 bridgehead atoms. The largest absolute Gasteiger partial charge is 0.228 e. The maximum absolute atomic E-state index is 5.37. The topological polar surface area (TPSA) is 25.8 Å². The van der Waals surface area contributed by atoms with Gasteiger partial charge in [0.1, 0.15) is 0 Å². The minimum atomic E-state index is 0.702. The van der Waals surface area contributed by atoms with Gasteiger partial charge in [-0.05, 0) is 69.8 Å². The van der Waals surface area contributed by atoms with Crippen LogP contribution in [-0.2, 0) is 0 Å². The van der Waals surface area contributed by atoms with Crippen LogP contribution in [0.4, 0.5) is 0 Å². The average molecular weight is 643 g/mol. The Labute approximate surface area is 289 Å². The molecule has 0 aliphatic carbocycles. The Morgan fingerprint density at radius 3 is 1.55 bits per heavy atom. The van der Waals surface area contributed by atoms with Gasteiger partial charge in [0.15, 0.2) is 5.82 Å². The molecule has 0 fully saturated rings. The molecular formula is C46H30N2S. The number of hydrogen-bond acceptors (Lipinski definition) is 3. The third-order valence-electron chi connectivity index (χ3n) is 9.10. The Kier molecular flexibility index (Phi) is 7.38. The summed E-state index contributed by atoms with van der Waals surface area (Å²) in [6.45, 7) is 0. The number of fused-ring (bicyclic) bond motifs is 3. The highest BCUT2D eigenvalue weighted by atomic mass is 32.1. The number of aromatic nitrogens is 2. The molecule has 0 radical (unpaired) electrons. The van der Waals surface area contributed by atoms with Crippen LogP contribution in [0.2, 0.25) is 0 Å². The van der Waals surface area contributed by atoms with Crippen molar-refractivity contribution in [1.29, 1.82) is 0 Å². The first-order chi connectivity index (χ1) is 24.3. The number of rotatable bonds is 6. The Bertz CT molecular complexity index is 2520. The lowest BCUT2D eigenvalue weighted by Gasteiger charge is -2.20. The van der Waals surface area contributed by atoms with E-state index in [9.17, 15) is 0 Å². The van der Waals surface area contributed by atoms with E-state index in [2.05, 4.69) is 158 Å². The predicted octanol–water partition coefficient (Wildman–Crippen LogP) is 12.8. The van der Waals surface area contributed by atoms with Crippen molar-refractivity contribution < 1.29 is 0 Å². The maximum atomic E-state index is 5.37. The molecule has 0 aliphatic rings. The molecule has 7 aromatic carbocycles. The molecule has 230 valence electrons. The molecule has 0 saturated carbocycles. The van der Waals surface area contributed by atoms with Gasteiger partial charge < -0.3 is 0 Å². The summed E-state index contributed by atoms with van der Waals surface area (Å²) >= 11 is 1.84. The van der Waals surface area contributed by atoms with Crippen molar-refractivity contribution in [3.8, 4) is 67.3 Å². The zero-order valence-corrected chi connectivity index (χ0v) is 27.4. The molecule has 0 spiro atoms. The number of nitrogens with zero attached hydrogens (tertiary/aromatic N) is 2. The van der Waals surface area contributed by atoms with Crippen LogP contribution in [0.25, 0.3) is 87.5 Å². The molecular weight excluding hydrogens is 613 g/mol. The summed E-state index contributed by atoms with van der Waals surface area (Å²) in [6.07, 6.45) is 0. The summed E-state index contributed by atoms with van der Waals surface area (Å²) in [7, 11) is 0. The third-order valence-corrected chi connectivity index (χ3v) is 10.3. The zero-order valence-electron chi connectivity index (χ0n) is 26.6. The monoisotopic (exact) mass is 642 g/mol. The van der Waals surface area contributed by atoms with Crippen LogP contribution in [0.1, 0.15) is 0 Å². The van der Waals surface area contributed by atoms with Crippen molar-refractivity contribution in [2.24, 2.45) is 0 Å². The molecule has 2 aromatic heterocycles. The standard InChI is InChI=1S/C46H30N2S/c1-5-15-31(16-6-1)36-28-38(32-17-7-2-8-18-32)45(39(29-36)35-25-26-44-40(27-35)37-23-13-14-24-43(37)49-44)42-30-41(33-19-9-3-10-20-33)47-46(48-42)34-21-11-4-12-22-34/h1-30H. The van der Waals surface area contributed by atoms with E-state index in [1.54, 1.807) is 0 Å². The molecule has 2 nitrogen and oxygen atoms in total. The lowest BCUT2D eigenvalue weighted by Crippen LogP contribution is -1.99. The van der Waals surface area contributed by atoms with Crippen molar-refractivity contribution in [2.45, 2.75) is 0 Å². The van der Waals surface area contributed by atoms with Gasteiger partial charge in [0.05, 0.1) is 11.4 Å². The van der Waals surface area contributed by atoms with E-state index in [1.807, 2.05) is 35.6 Å². The van der Waals surface area contributed by atoms with Crippen molar-refractivity contribution in [2.75, 3.05) is 0 Å². The predicted molar refractivity (Wildman–Crippen MR) is 208 cm³/mol.